The molecule has 0 unspecified atom stereocenters. The Morgan fingerprint density at radius 1 is 1.47 bits per heavy atom. The molecule has 0 saturated heterocycles. The average molecular weight is 251 g/mol. The number of rotatable bonds is 2. The lowest BCUT2D eigenvalue weighted by molar-refractivity contribution is 0.118. The second-order valence-corrected chi connectivity index (χ2v) is 5.04. The van der Waals surface area contributed by atoms with Crippen LogP contribution in [0.3, 0.4) is 0 Å². The van der Waals surface area contributed by atoms with Gasteiger partial charge in [0.05, 0.1) is 7.11 Å². The summed E-state index contributed by atoms with van der Waals surface area (Å²) in [6, 6.07) is 6.58. The van der Waals surface area contributed by atoms with Gasteiger partial charge in [-0.25, -0.2) is 4.79 Å². The maximum atomic E-state index is 11.5. The highest BCUT2D eigenvalue weighted by molar-refractivity contribution is 7.97. The third kappa shape index (κ3) is 2.75. The summed E-state index contributed by atoms with van der Waals surface area (Å²) in [6.07, 6.45) is 2.79. The Bertz CT molecular complexity index is 420. The van der Waals surface area contributed by atoms with E-state index in [0.29, 0.717) is 6.54 Å². The van der Waals surface area contributed by atoms with Crippen molar-refractivity contribution in [1.82, 2.24) is 4.90 Å². The molecular formula is C13H17NO2S. The number of ether oxygens (including phenoxy) is 1. The van der Waals surface area contributed by atoms with Crippen LogP contribution in [-0.2, 0) is 23.5 Å². The van der Waals surface area contributed by atoms with E-state index in [2.05, 4.69) is 24.5 Å². The van der Waals surface area contributed by atoms with Crippen molar-refractivity contribution in [3.63, 3.8) is 0 Å². The van der Waals surface area contributed by atoms with Gasteiger partial charge in [0.2, 0.25) is 0 Å². The third-order valence-electron chi connectivity index (χ3n) is 3.03. The molecule has 1 heterocycles. The first kappa shape index (κ1) is 12.3. The summed E-state index contributed by atoms with van der Waals surface area (Å²) in [7, 11) is 1.43. The Balaban J connectivity index is 2.17. The van der Waals surface area contributed by atoms with Crippen molar-refractivity contribution in [2.24, 2.45) is 0 Å². The summed E-state index contributed by atoms with van der Waals surface area (Å²) >= 11 is 1.81. The van der Waals surface area contributed by atoms with E-state index >= 15 is 0 Å². The lowest BCUT2D eigenvalue weighted by Crippen LogP contribution is -2.35. The zero-order chi connectivity index (χ0) is 12.3. The van der Waals surface area contributed by atoms with Gasteiger partial charge in [-0.05, 0) is 29.4 Å². The molecule has 92 valence electrons. The summed E-state index contributed by atoms with van der Waals surface area (Å²) in [4.78, 5) is 13.2. The van der Waals surface area contributed by atoms with Crippen LogP contribution in [0.25, 0.3) is 0 Å². The van der Waals surface area contributed by atoms with Crippen molar-refractivity contribution in [1.29, 1.82) is 0 Å². The van der Waals surface area contributed by atoms with Crippen LogP contribution >= 0.6 is 11.8 Å². The zero-order valence-electron chi connectivity index (χ0n) is 10.2. The molecule has 0 atom stereocenters. The molecule has 1 aromatic rings. The minimum absolute atomic E-state index is 0.231. The van der Waals surface area contributed by atoms with Crippen molar-refractivity contribution in [2.75, 3.05) is 19.9 Å². The largest absolute Gasteiger partial charge is 0.453 e. The molecule has 0 aliphatic carbocycles. The monoisotopic (exact) mass is 251 g/mol. The maximum Gasteiger partial charge on any atom is 0.409 e. The fourth-order valence-corrected chi connectivity index (χ4v) is 2.66. The normalized spacial score (nSPS) is 14.4. The average Bonchev–Trinajstić information content (AvgIpc) is 2.37. The van der Waals surface area contributed by atoms with Gasteiger partial charge in [0.15, 0.2) is 0 Å². The van der Waals surface area contributed by atoms with Crippen LogP contribution in [0.5, 0.6) is 0 Å². The van der Waals surface area contributed by atoms with Gasteiger partial charge in [0.25, 0.3) is 0 Å². The Morgan fingerprint density at radius 2 is 2.29 bits per heavy atom. The van der Waals surface area contributed by atoms with Crippen molar-refractivity contribution in [3.05, 3.63) is 34.9 Å². The number of thioether (sulfide) groups is 1. The first-order valence-corrected chi connectivity index (χ1v) is 7.06. The van der Waals surface area contributed by atoms with Gasteiger partial charge in [-0.3, -0.25) is 0 Å². The molecule has 3 nitrogen and oxygen atoms in total. The van der Waals surface area contributed by atoms with Crippen LogP contribution in [0.2, 0.25) is 0 Å². The zero-order valence-corrected chi connectivity index (χ0v) is 11.0. The molecule has 17 heavy (non-hydrogen) atoms. The highest BCUT2D eigenvalue weighted by Crippen LogP contribution is 2.22. The Morgan fingerprint density at radius 3 is 3.00 bits per heavy atom. The van der Waals surface area contributed by atoms with E-state index in [9.17, 15) is 4.79 Å². The second-order valence-electron chi connectivity index (χ2n) is 4.18. The van der Waals surface area contributed by atoms with Crippen molar-refractivity contribution >= 4 is 17.9 Å². The molecule has 0 radical (unpaired) electrons. The number of carbonyl (C=O) groups is 1. The SMILES string of the molecule is COC(=O)N1CCc2ccc(CSC)cc2C1. The summed E-state index contributed by atoms with van der Waals surface area (Å²) < 4.78 is 4.77. The third-order valence-corrected chi connectivity index (χ3v) is 3.65. The molecule has 1 aliphatic heterocycles. The molecule has 1 aromatic carbocycles. The fraction of sp³-hybridized carbons (Fsp3) is 0.462. The van der Waals surface area contributed by atoms with Gasteiger partial charge in [-0.1, -0.05) is 18.2 Å². The second kappa shape index (κ2) is 5.45. The highest BCUT2D eigenvalue weighted by atomic mass is 32.2. The first-order chi connectivity index (χ1) is 8.24. The van der Waals surface area contributed by atoms with Crippen molar-refractivity contribution in [3.8, 4) is 0 Å². The van der Waals surface area contributed by atoms with Gasteiger partial charge < -0.3 is 9.64 Å². The number of fused-ring (bicyclic) bond motifs is 1. The molecule has 0 aromatic heterocycles. The molecule has 0 saturated carbocycles. The number of hydrogen-bond donors (Lipinski definition) is 0. The molecule has 2 rings (SSSR count). The van der Waals surface area contributed by atoms with Crippen LogP contribution < -0.4 is 0 Å². The van der Waals surface area contributed by atoms with Crippen molar-refractivity contribution < 1.29 is 9.53 Å². The minimum Gasteiger partial charge on any atom is -0.453 e. The fourth-order valence-electron chi connectivity index (χ4n) is 2.15. The predicted octanol–water partition coefficient (Wildman–Crippen LogP) is 2.67. The quantitative estimate of drug-likeness (QED) is 0.809. The molecule has 0 spiro atoms. The van der Waals surface area contributed by atoms with E-state index in [-0.39, 0.29) is 6.09 Å². The summed E-state index contributed by atoms with van der Waals surface area (Å²) in [6.45, 7) is 1.42. The molecule has 0 fully saturated rings. The predicted molar refractivity (Wildman–Crippen MR) is 70.2 cm³/mol. The molecule has 1 aliphatic rings. The first-order valence-electron chi connectivity index (χ1n) is 5.67. The lowest BCUT2D eigenvalue weighted by Gasteiger charge is -2.28. The molecule has 1 amide bonds. The maximum absolute atomic E-state index is 11.5. The van der Waals surface area contributed by atoms with E-state index in [1.165, 1.54) is 23.8 Å². The number of amides is 1. The van der Waals surface area contributed by atoms with Gasteiger partial charge in [0, 0.05) is 18.8 Å². The smallest absolute Gasteiger partial charge is 0.409 e. The topological polar surface area (TPSA) is 29.5 Å². The van der Waals surface area contributed by atoms with Gasteiger partial charge in [-0.15, -0.1) is 0 Å². The molecular weight excluding hydrogens is 234 g/mol. The summed E-state index contributed by atoms with van der Waals surface area (Å²) in [5.41, 5.74) is 3.94. The van der Waals surface area contributed by atoms with Gasteiger partial charge in [0.1, 0.15) is 0 Å². The lowest BCUT2D eigenvalue weighted by atomic mass is 9.98. The number of methoxy groups -OCH3 is 1. The van der Waals surface area contributed by atoms with Crippen LogP contribution in [0, 0.1) is 0 Å². The number of hydrogen-bond acceptors (Lipinski definition) is 3. The van der Waals surface area contributed by atoms with Gasteiger partial charge >= 0.3 is 6.09 Å². The molecule has 0 bridgehead atoms. The molecule has 0 N–H and O–H groups in total. The van der Waals surface area contributed by atoms with Crippen LogP contribution in [-0.4, -0.2) is 30.9 Å². The Kier molecular flexibility index (Phi) is 3.94. The Hall–Kier alpha value is -1.16. The standard InChI is InChI=1S/C13H17NO2S/c1-16-13(15)14-6-5-11-4-3-10(9-17-2)7-12(11)8-14/h3-4,7H,5-6,8-9H2,1-2H3. The van der Waals surface area contributed by atoms with Gasteiger partial charge in [-0.2, -0.15) is 11.8 Å². The molecule has 4 heteroatoms. The summed E-state index contributed by atoms with van der Waals surface area (Å²) in [5.74, 6) is 1.02. The van der Waals surface area contributed by atoms with Crippen LogP contribution in [0.15, 0.2) is 18.2 Å². The van der Waals surface area contributed by atoms with Crippen LogP contribution in [0.1, 0.15) is 16.7 Å². The Labute approximate surface area is 106 Å². The number of benzene rings is 1. The summed E-state index contributed by atoms with van der Waals surface area (Å²) in [5, 5.41) is 0. The van der Waals surface area contributed by atoms with E-state index in [1.807, 2.05) is 11.8 Å². The van der Waals surface area contributed by atoms with Crippen molar-refractivity contribution in [2.45, 2.75) is 18.7 Å². The van der Waals surface area contributed by atoms with E-state index < -0.39 is 0 Å². The highest BCUT2D eigenvalue weighted by Gasteiger charge is 2.20. The van der Waals surface area contributed by atoms with E-state index in [4.69, 9.17) is 4.74 Å². The van der Waals surface area contributed by atoms with E-state index in [0.717, 1.165) is 18.7 Å². The van der Waals surface area contributed by atoms with Crippen LogP contribution in [0.4, 0.5) is 4.79 Å². The minimum atomic E-state index is -0.231. The number of carbonyl (C=O) groups excluding carboxylic acids is 1. The number of nitrogens with zero attached hydrogens (tertiary/aromatic N) is 1. The van der Waals surface area contributed by atoms with E-state index in [1.54, 1.807) is 4.90 Å².